The molecule has 3 rings (SSSR count). The van der Waals surface area contributed by atoms with Crippen LogP contribution in [0.5, 0.6) is 11.5 Å². The summed E-state index contributed by atoms with van der Waals surface area (Å²) in [5, 5.41) is 2.90. The molecule has 160 valence electrons. The molecule has 0 bridgehead atoms. The van der Waals surface area contributed by atoms with Crippen LogP contribution in [0.3, 0.4) is 0 Å². The Balaban J connectivity index is 1.51. The number of amides is 3. The molecule has 1 aliphatic heterocycles. The second-order valence-electron chi connectivity index (χ2n) is 7.44. The van der Waals surface area contributed by atoms with E-state index in [1.54, 1.807) is 24.0 Å². The highest BCUT2D eigenvalue weighted by molar-refractivity contribution is 5.89. The van der Waals surface area contributed by atoms with Gasteiger partial charge in [-0.05, 0) is 42.7 Å². The lowest BCUT2D eigenvalue weighted by Crippen LogP contribution is -2.44. The molecule has 7 heteroatoms. The standard InChI is InChI=1S/C23H29N3O4/c1-25(16-17-9-10-20(29-2)21(15-17)30-3)22(27)18-11-13-26(14-12-18)23(28)24-19-7-5-4-6-8-19/h4-10,15,18H,11-14,16H2,1-3H3,(H,24,28). The minimum Gasteiger partial charge on any atom is -0.493 e. The van der Waals surface area contributed by atoms with Crippen molar-refractivity contribution in [2.75, 3.05) is 39.7 Å². The van der Waals surface area contributed by atoms with E-state index in [9.17, 15) is 9.59 Å². The summed E-state index contributed by atoms with van der Waals surface area (Å²) < 4.78 is 10.6. The molecule has 2 aromatic rings. The maximum absolute atomic E-state index is 12.9. The maximum atomic E-state index is 12.9. The Hall–Kier alpha value is -3.22. The molecule has 1 saturated heterocycles. The number of nitrogens with zero attached hydrogens (tertiary/aromatic N) is 2. The number of likely N-dealkylation sites (tertiary alicyclic amines) is 1. The lowest BCUT2D eigenvalue weighted by atomic mass is 9.95. The van der Waals surface area contributed by atoms with E-state index in [0.29, 0.717) is 44.0 Å². The van der Waals surface area contributed by atoms with Crippen molar-refractivity contribution in [2.24, 2.45) is 5.92 Å². The number of ether oxygens (including phenoxy) is 2. The Morgan fingerprint density at radius 2 is 1.70 bits per heavy atom. The molecule has 0 atom stereocenters. The molecule has 2 aromatic carbocycles. The van der Waals surface area contributed by atoms with Gasteiger partial charge in [0, 0.05) is 38.3 Å². The molecule has 1 N–H and O–H groups in total. The lowest BCUT2D eigenvalue weighted by molar-refractivity contribution is -0.136. The van der Waals surface area contributed by atoms with Crippen molar-refractivity contribution in [2.45, 2.75) is 19.4 Å². The molecule has 1 aliphatic rings. The average Bonchev–Trinajstić information content (AvgIpc) is 2.79. The van der Waals surface area contributed by atoms with Crippen molar-refractivity contribution in [3.63, 3.8) is 0 Å². The molecule has 0 radical (unpaired) electrons. The van der Waals surface area contributed by atoms with Crippen LogP contribution in [0, 0.1) is 5.92 Å². The molecule has 0 unspecified atom stereocenters. The fraction of sp³-hybridized carbons (Fsp3) is 0.391. The first-order chi connectivity index (χ1) is 14.5. The van der Waals surface area contributed by atoms with Crippen LogP contribution in [0.2, 0.25) is 0 Å². The number of benzene rings is 2. The van der Waals surface area contributed by atoms with Crippen LogP contribution in [0.1, 0.15) is 18.4 Å². The van der Waals surface area contributed by atoms with Crippen LogP contribution in [0.4, 0.5) is 10.5 Å². The Labute approximate surface area is 177 Å². The smallest absolute Gasteiger partial charge is 0.321 e. The summed E-state index contributed by atoms with van der Waals surface area (Å²) in [6.07, 6.45) is 1.33. The number of hydrogen-bond acceptors (Lipinski definition) is 4. The van der Waals surface area contributed by atoms with Gasteiger partial charge in [0.1, 0.15) is 0 Å². The van der Waals surface area contributed by atoms with Crippen molar-refractivity contribution >= 4 is 17.6 Å². The van der Waals surface area contributed by atoms with Gasteiger partial charge in [-0.2, -0.15) is 0 Å². The van der Waals surface area contributed by atoms with Crippen molar-refractivity contribution in [1.29, 1.82) is 0 Å². The van der Waals surface area contributed by atoms with E-state index in [2.05, 4.69) is 5.32 Å². The van der Waals surface area contributed by atoms with Gasteiger partial charge in [-0.25, -0.2) is 4.79 Å². The quantitative estimate of drug-likeness (QED) is 0.788. The maximum Gasteiger partial charge on any atom is 0.321 e. The minimum absolute atomic E-state index is 0.0732. The SMILES string of the molecule is COc1ccc(CN(C)C(=O)C2CCN(C(=O)Nc3ccccc3)CC2)cc1OC. The van der Waals surface area contributed by atoms with E-state index in [4.69, 9.17) is 9.47 Å². The van der Waals surface area contributed by atoms with E-state index in [0.717, 1.165) is 11.3 Å². The number of anilines is 1. The van der Waals surface area contributed by atoms with Gasteiger partial charge in [0.25, 0.3) is 0 Å². The largest absolute Gasteiger partial charge is 0.493 e. The van der Waals surface area contributed by atoms with E-state index in [1.165, 1.54) is 0 Å². The average molecular weight is 412 g/mol. The summed E-state index contributed by atoms with van der Waals surface area (Å²) in [4.78, 5) is 28.8. The third-order valence-electron chi connectivity index (χ3n) is 5.40. The number of para-hydroxylation sites is 1. The van der Waals surface area contributed by atoms with E-state index in [-0.39, 0.29) is 17.9 Å². The summed E-state index contributed by atoms with van der Waals surface area (Å²) in [6, 6.07) is 14.9. The number of hydrogen-bond donors (Lipinski definition) is 1. The van der Waals surface area contributed by atoms with E-state index < -0.39 is 0 Å². The Bertz CT molecular complexity index is 864. The molecule has 7 nitrogen and oxygen atoms in total. The Kier molecular flexibility index (Phi) is 7.17. The van der Waals surface area contributed by atoms with Gasteiger partial charge in [-0.3, -0.25) is 4.79 Å². The van der Waals surface area contributed by atoms with Gasteiger partial charge in [0.2, 0.25) is 5.91 Å². The van der Waals surface area contributed by atoms with Crippen molar-refractivity contribution in [3.8, 4) is 11.5 Å². The summed E-state index contributed by atoms with van der Waals surface area (Å²) in [6.45, 7) is 1.63. The van der Waals surface area contributed by atoms with Crippen LogP contribution < -0.4 is 14.8 Å². The Morgan fingerprint density at radius 3 is 2.33 bits per heavy atom. The number of piperidine rings is 1. The molecular weight excluding hydrogens is 382 g/mol. The van der Waals surface area contributed by atoms with Gasteiger partial charge in [0.15, 0.2) is 11.5 Å². The fourth-order valence-corrected chi connectivity index (χ4v) is 3.70. The number of methoxy groups -OCH3 is 2. The monoisotopic (exact) mass is 411 g/mol. The highest BCUT2D eigenvalue weighted by Crippen LogP contribution is 2.28. The fourth-order valence-electron chi connectivity index (χ4n) is 3.70. The number of rotatable bonds is 6. The normalized spacial score (nSPS) is 14.2. The predicted octanol–water partition coefficient (Wildman–Crippen LogP) is 3.61. The lowest BCUT2D eigenvalue weighted by Gasteiger charge is -2.33. The minimum atomic E-state index is -0.120. The van der Waals surface area contributed by atoms with Gasteiger partial charge >= 0.3 is 6.03 Å². The van der Waals surface area contributed by atoms with Gasteiger partial charge in [-0.15, -0.1) is 0 Å². The summed E-state index contributed by atoms with van der Waals surface area (Å²) >= 11 is 0. The second-order valence-corrected chi connectivity index (χ2v) is 7.44. The van der Waals surface area contributed by atoms with Crippen LogP contribution in [-0.2, 0) is 11.3 Å². The van der Waals surface area contributed by atoms with Gasteiger partial charge in [-0.1, -0.05) is 24.3 Å². The molecule has 1 heterocycles. The first-order valence-corrected chi connectivity index (χ1v) is 10.1. The highest BCUT2D eigenvalue weighted by Gasteiger charge is 2.29. The Morgan fingerprint density at radius 1 is 1.03 bits per heavy atom. The van der Waals surface area contributed by atoms with E-state index >= 15 is 0 Å². The zero-order valence-electron chi connectivity index (χ0n) is 17.8. The predicted molar refractivity (Wildman–Crippen MR) is 116 cm³/mol. The van der Waals surface area contributed by atoms with Crippen LogP contribution in [0.15, 0.2) is 48.5 Å². The molecule has 3 amide bonds. The first-order valence-electron chi connectivity index (χ1n) is 10.1. The van der Waals surface area contributed by atoms with Crippen LogP contribution >= 0.6 is 0 Å². The van der Waals surface area contributed by atoms with E-state index in [1.807, 2.05) is 55.6 Å². The van der Waals surface area contributed by atoms with Crippen LogP contribution in [-0.4, -0.2) is 56.1 Å². The van der Waals surface area contributed by atoms with Crippen LogP contribution in [0.25, 0.3) is 0 Å². The zero-order chi connectivity index (χ0) is 21.5. The van der Waals surface area contributed by atoms with Crippen molar-refractivity contribution < 1.29 is 19.1 Å². The number of urea groups is 1. The molecule has 0 aromatic heterocycles. The highest BCUT2D eigenvalue weighted by atomic mass is 16.5. The third kappa shape index (κ3) is 5.23. The number of carbonyl (C=O) groups is 2. The molecule has 30 heavy (non-hydrogen) atoms. The summed E-state index contributed by atoms with van der Waals surface area (Å²) in [7, 11) is 5.01. The molecule has 0 spiro atoms. The topological polar surface area (TPSA) is 71.1 Å². The van der Waals surface area contributed by atoms with Crippen molar-refractivity contribution in [1.82, 2.24) is 9.80 Å². The van der Waals surface area contributed by atoms with Crippen molar-refractivity contribution in [3.05, 3.63) is 54.1 Å². The molecule has 1 fully saturated rings. The number of nitrogens with one attached hydrogen (secondary N) is 1. The number of carbonyl (C=O) groups excluding carboxylic acids is 2. The second kappa shape index (κ2) is 10.0. The summed E-state index contributed by atoms with van der Waals surface area (Å²) in [5.41, 5.74) is 1.75. The first kappa shape index (κ1) is 21.5. The summed E-state index contributed by atoms with van der Waals surface area (Å²) in [5.74, 6) is 1.34. The zero-order valence-corrected chi connectivity index (χ0v) is 17.8. The third-order valence-corrected chi connectivity index (χ3v) is 5.40. The van der Waals surface area contributed by atoms with Gasteiger partial charge in [0.05, 0.1) is 14.2 Å². The molecule has 0 saturated carbocycles. The molecular formula is C23H29N3O4. The molecule has 0 aliphatic carbocycles. The van der Waals surface area contributed by atoms with Gasteiger partial charge < -0.3 is 24.6 Å².